The molecule has 3 heteroatoms. The summed E-state index contributed by atoms with van der Waals surface area (Å²) in [5.41, 5.74) is 4.54. The fourth-order valence-corrected chi connectivity index (χ4v) is 5.26. The molecule has 0 radical (unpaired) electrons. The van der Waals surface area contributed by atoms with Gasteiger partial charge in [-0.05, 0) is 92.4 Å². The van der Waals surface area contributed by atoms with E-state index in [2.05, 4.69) is 51.2 Å². The summed E-state index contributed by atoms with van der Waals surface area (Å²) in [6, 6.07) is 14.2. The molecule has 3 aliphatic rings. The van der Waals surface area contributed by atoms with Gasteiger partial charge in [-0.1, -0.05) is 18.6 Å². The predicted octanol–water partition coefficient (Wildman–Crippen LogP) is 4.98. The molecule has 1 aromatic carbocycles. The SMILES string of the molecule is c1cc(-c2ccc(N3CCC4(CC3)CCN(C3CCC3)CC4)cc2)ccn1. The van der Waals surface area contributed by atoms with Crippen LogP contribution in [0.1, 0.15) is 44.9 Å². The topological polar surface area (TPSA) is 19.4 Å². The maximum Gasteiger partial charge on any atom is 0.0366 e. The minimum Gasteiger partial charge on any atom is -0.371 e. The summed E-state index contributed by atoms with van der Waals surface area (Å²) in [7, 11) is 0. The van der Waals surface area contributed by atoms with Gasteiger partial charge in [-0.25, -0.2) is 0 Å². The van der Waals surface area contributed by atoms with Gasteiger partial charge in [-0.15, -0.1) is 0 Å². The van der Waals surface area contributed by atoms with Crippen molar-refractivity contribution in [3.05, 3.63) is 48.8 Å². The van der Waals surface area contributed by atoms with Crippen molar-refractivity contribution in [2.24, 2.45) is 5.41 Å². The number of hydrogen-bond acceptors (Lipinski definition) is 3. The molecule has 0 bridgehead atoms. The fraction of sp³-hybridized carbons (Fsp3) is 0.542. The molecule has 3 heterocycles. The van der Waals surface area contributed by atoms with Crippen molar-refractivity contribution < 1.29 is 0 Å². The second kappa shape index (κ2) is 7.27. The third-order valence-corrected chi connectivity index (χ3v) is 7.52. The highest BCUT2D eigenvalue weighted by molar-refractivity contribution is 5.65. The Bertz CT molecular complexity index is 733. The Morgan fingerprint density at radius 3 is 1.93 bits per heavy atom. The van der Waals surface area contributed by atoms with Crippen LogP contribution in [0.2, 0.25) is 0 Å². The largest absolute Gasteiger partial charge is 0.371 e. The van der Waals surface area contributed by atoms with Gasteiger partial charge in [0.15, 0.2) is 0 Å². The molecule has 2 aliphatic heterocycles. The molecule has 2 saturated heterocycles. The van der Waals surface area contributed by atoms with Gasteiger partial charge in [-0.3, -0.25) is 4.98 Å². The van der Waals surface area contributed by atoms with Crippen molar-refractivity contribution in [3.63, 3.8) is 0 Å². The molecule has 142 valence electrons. The summed E-state index contributed by atoms with van der Waals surface area (Å²) in [5.74, 6) is 0. The summed E-state index contributed by atoms with van der Waals surface area (Å²) in [6.45, 7) is 5.15. The van der Waals surface area contributed by atoms with Crippen molar-refractivity contribution in [2.75, 3.05) is 31.1 Å². The van der Waals surface area contributed by atoms with E-state index in [1.54, 1.807) is 0 Å². The Balaban J connectivity index is 1.18. The average molecular weight is 362 g/mol. The molecule has 3 nitrogen and oxygen atoms in total. The molecule has 0 unspecified atom stereocenters. The van der Waals surface area contributed by atoms with Crippen LogP contribution in [0.5, 0.6) is 0 Å². The number of piperidine rings is 2. The standard InChI is InChI=1S/C24H31N3/c1-2-22(3-1)26-16-10-24(11-17-26)12-18-27(19-13-24)23-6-4-20(5-7-23)21-8-14-25-15-9-21/h4-9,14-15,22H,1-3,10-13,16-19H2. The summed E-state index contributed by atoms with van der Waals surface area (Å²) in [6.07, 6.45) is 13.7. The number of pyridine rings is 1. The first-order valence-electron chi connectivity index (χ1n) is 10.8. The first kappa shape index (κ1) is 17.2. The quantitative estimate of drug-likeness (QED) is 0.768. The molecule has 1 spiro atoms. The van der Waals surface area contributed by atoms with Crippen LogP contribution < -0.4 is 4.90 Å². The van der Waals surface area contributed by atoms with E-state index in [4.69, 9.17) is 0 Å². The van der Waals surface area contributed by atoms with Crippen LogP contribution in [0.25, 0.3) is 11.1 Å². The number of hydrogen-bond donors (Lipinski definition) is 0. The molecule has 5 rings (SSSR count). The molecule has 0 amide bonds. The van der Waals surface area contributed by atoms with E-state index in [1.807, 2.05) is 12.4 Å². The Morgan fingerprint density at radius 1 is 0.741 bits per heavy atom. The van der Waals surface area contributed by atoms with Crippen molar-refractivity contribution in [1.29, 1.82) is 0 Å². The summed E-state index contributed by atoms with van der Waals surface area (Å²) in [4.78, 5) is 9.50. The summed E-state index contributed by atoms with van der Waals surface area (Å²) >= 11 is 0. The number of benzene rings is 1. The van der Waals surface area contributed by atoms with E-state index in [-0.39, 0.29) is 0 Å². The van der Waals surface area contributed by atoms with Gasteiger partial charge in [0, 0.05) is 37.2 Å². The van der Waals surface area contributed by atoms with Crippen LogP contribution in [0.15, 0.2) is 48.8 Å². The van der Waals surface area contributed by atoms with Crippen LogP contribution in [-0.2, 0) is 0 Å². The van der Waals surface area contributed by atoms with Crippen LogP contribution in [0.3, 0.4) is 0 Å². The van der Waals surface area contributed by atoms with Gasteiger partial charge >= 0.3 is 0 Å². The number of rotatable bonds is 3. The van der Waals surface area contributed by atoms with Crippen LogP contribution in [-0.4, -0.2) is 42.1 Å². The monoisotopic (exact) mass is 361 g/mol. The third kappa shape index (κ3) is 3.50. The Labute approximate surface area is 163 Å². The zero-order valence-electron chi connectivity index (χ0n) is 16.3. The Morgan fingerprint density at radius 2 is 1.33 bits per heavy atom. The fourth-order valence-electron chi connectivity index (χ4n) is 5.26. The maximum atomic E-state index is 4.11. The highest BCUT2D eigenvalue weighted by atomic mass is 15.2. The van der Waals surface area contributed by atoms with Crippen molar-refractivity contribution in [2.45, 2.75) is 51.0 Å². The molecule has 0 N–H and O–H groups in total. The van der Waals surface area contributed by atoms with E-state index in [9.17, 15) is 0 Å². The van der Waals surface area contributed by atoms with Crippen molar-refractivity contribution in [1.82, 2.24) is 9.88 Å². The number of anilines is 1. The molecule has 27 heavy (non-hydrogen) atoms. The van der Waals surface area contributed by atoms with E-state index in [0.717, 1.165) is 6.04 Å². The van der Waals surface area contributed by atoms with Gasteiger partial charge in [0.25, 0.3) is 0 Å². The second-order valence-electron chi connectivity index (χ2n) is 8.89. The Hall–Kier alpha value is -1.87. The lowest BCUT2D eigenvalue weighted by Crippen LogP contribution is -2.50. The molecule has 2 aromatic rings. The smallest absolute Gasteiger partial charge is 0.0366 e. The lowest BCUT2D eigenvalue weighted by atomic mass is 9.70. The second-order valence-corrected chi connectivity index (χ2v) is 8.89. The lowest BCUT2D eigenvalue weighted by molar-refractivity contribution is 0.0306. The highest BCUT2D eigenvalue weighted by Crippen LogP contribution is 2.43. The van der Waals surface area contributed by atoms with Gasteiger partial charge in [0.1, 0.15) is 0 Å². The normalized spacial score (nSPS) is 23.3. The van der Waals surface area contributed by atoms with E-state index < -0.39 is 0 Å². The van der Waals surface area contributed by atoms with Gasteiger partial charge in [0.05, 0.1) is 0 Å². The molecule has 1 aliphatic carbocycles. The van der Waals surface area contributed by atoms with E-state index >= 15 is 0 Å². The predicted molar refractivity (Wildman–Crippen MR) is 112 cm³/mol. The zero-order valence-corrected chi connectivity index (χ0v) is 16.3. The van der Waals surface area contributed by atoms with Gasteiger partial charge in [-0.2, -0.15) is 0 Å². The molecule has 0 atom stereocenters. The van der Waals surface area contributed by atoms with Crippen LogP contribution in [0, 0.1) is 5.41 Å². The molecular formula is C24H31N3. The van der Waals surface area contributed by atoms with E-state index in [0.29, 0.717) is 5.41 Å². The minimum atomic E-state index is 0.633. The lowest BCUT2D eigenvalue weighted by Gasteiger charge is -2.50. The highest BCUT2D eigenvalue weighted by Gasteiger charge is 2.39. The first-order valence-corrected chi connectivity index (χ1v) is 10.8. The Kier molecular flexibility index (Phi) is 4.65. The van der Waals surface area contributed by atoms with Crippen LogP contribution in [0.4, 0.5) is 5.69 Å². The number of aromatic nitrogens is 1. The average Bonchev–Trinajstić information content (AvgIpc) is 2.70. The van der Waals surface area contributed by atoms with Crippen molar-refractivity contribution in [3.8, 4) is 11.1 Å². The van der Waals surface area contributed by atoms with E-state index in [1.165, 1.54) is 87.9 Å². The zero-order chi connectivity index (χ0) is 18.1. The molecule has 1 aromatic heterocycles. The van der Waals surface area contributed by atoms with Gasteiger partial charge in [0.2, 0.25) is 0 Å². The molecule has 3 fully saturated rings. The molecular weight excluding hydrogens is 330 g/mol. The van der Waals surface area contributed by atoms with Crippen LogP contribution >= 0.6 is 0 Å². The first-order chi connectivity index (χ1) is 13.3. The summed E-state index contributed by atoms with van der Waals surface area (Å²) in [5, 5.41) is 0. The van der Waals surface area contributed by atoms with Crippen molar-refractivity contribution >= 4 is 5.69 Å². The number of nitrogens with zero attached hydrogens (tertiary/aromatic N) is 3. The minimum absolute atomic E-state index is 0.633. The molecule has 1 saturated carbocycles. The maximum absolute atomic E-state index is 4.11. The van der Waals surface area contributed by atoms with Gasteiger partial charge < -0.3 is 9.80 Å². The summed E-state index contributed by atoms with van der Waals surface area (Å²) < 4.78 is 0. The number of likely N-dealkylation sites (tertiary alicyclic amines) is 1. The third-order valence-electron chi connectivity index (χ3n) is 7.52.